The molecule has 0 fully saturated rings. The standard InChI is InChI=1S/C41H40BrN3O6/c1-48-35-22-19-33(37(25-35)49-2)27-43-45-40(47)41(26-32-11-6-7-12-36(32)42)38(30-15-13-29(14-16-30)28-9-4-3-5-10-28)51-39(44-41)31-17-20-34(21-18-31)50-24-8-23-46/h3-7,9-22,25,38,43,46H,8,23-24,26-27H2,1-2H3,(H,45,47)/t38-,41-/m0/s1. The zero-order valence-electron chi connectivity index (χ0n) is 28.5. The molecule has 51 heavy (non-hydrogen) atoms. The van der Waals surface area contributed by atoms with Crippen LogP contribution in [0.2, 0.25) is 0 Å². The summed E-state index contributed by atoms with van der Waals surface area (Å²) in [7, 11) is 3.19. The van der Waals surface area contributed by atoms with Gasteiger partial charge in [0.25, 0.3) is 5.91 Å². The van der Waals surface area contributed by atoms with E-state index >= 15 is 0 Å². The van der Waals surface area contributed by atoms with Crippen LogP contribution in [-0.2, 0) is 22.5 Å². The molecule has 5 aromatic carbocycles. The second-order valence-electron chi connectivity index (χ2n) is 12.0. The fraction of sp³-hybridized carbons (Fsp3) is 0.220. The van der Waals surface area contributed by atoms with Crippen LogP contribution in [0.4, 0.5) is 0 Å². The van der Waals surface area contributed by atoms with Crippen molar-refractivity contribution in [3.05, 3.63) is 148 Å². The average molecular weight is 751 g/mol. The van der Waals surface area contributed by atoms with Crippen molar-refractivity contribution < 1.29 is 28.8 Å². The lowest BCUT2D eigenvalue weighted by Crippen LogP contribution is -2.53. The van der Waals surface area contributed by atoms with Crippen LogP contribution < -0.4 is 25.1 Å². The molecule has 0 spiro atoms. The van der Waals surface area contributed by atoms with Gasteiger partial charge in [-0.05, 0) is 58.7 Å². The predicted molar refractivity (Wildman–Crippen MR) is 201 cm³/mol. The van der Waals surface area contributed by atoms with Crippen molar-refractivity contribution >= 4 is 27.7 Å². The first-order valence-corrected chi connectivity index (χ1v) is 17.5. The maximum Gasteiger partial charge on any atom is 0.266 e. The highest BCUT2D eigenvalue weighted by Crippen LogP contribution is 2.44. The van der Waals surface area contributed by atoms with Crippen molar-refractivity contribution in [3.8, 4) is 28.4 Å². The molecule has 2 atom stereocenters. The molecule has 262 valence electrons. The largest absolute Gasteiger partial charge is 0.497 e. The molecule has 0 radical (unpaired) electrons. The van der Waals surface area contributed by atoms with Crippen molar-refractivity contribution in [2.24, 2.45) is 4.99 Å². The number of aliphatic hydroxyl groups is 1. The van der Waals surface area contributed by atoms with Gasteiger partial charge in [-0.3, -0.25) is 10.2 Å². The van der Waals surface area contributed by atoms with Crippen LogP contribution in [0, 0.1) is 0 Å². The minimum Gasteiger partial charge on any atom is -0.497 e. The number of nitrogens with zero attached hydrogens (tertiary/aromatic N) is 1. The number of benzene rings is 5. The van der Waals surface area contributed by atoms with Crippen LogP contribution in [0.15, 0.2) is 131 Å². The van der Waals surface area contributed by atoms with E-state index in [4.69, 9.17) is 29.0 Å². The minimum atomic E-state index is -1.42. The van der Waals surface area contributed by atoms with Gasteiger partial charge in [0.2, 0.25) is 5.90 Å². The van der Waals surface area contributed by atoms with E-state index in [1.807, 2.05) is 103 Å². The van der Waals surface area contributed by atoms with E-state index in [9.17, 15) is 4.79 Å². The number of amides is 1. The molecule has 1 heterocycles. The Morgan fingerprint density at radius 2 is 1.51 bits per heavy atom. The van der Waals surface area contributed by atoms with Crippen LogP contribution >= 0.6 is 15.9 Å². The van der Waals surface area contributed by atoms with E-state index in [0.717, 1.165) is 32.3 Å². The number of halogens is 1. The molecule has 9 nitrogen and oxygen atoms in total. The highest BCUT2D eigenvalue weighted by molar-refractivity contribution is 9.10. The third-order valence-corrected chi connectivity index (χ3v) is 9.52. The Morgan fingerprint density at radius 1 is 0.824 bits per heavy atom. The van der Waals surface area contributed by atoms with Crippen LogP contribution in [0.3, 0.4) is 0 Å². The summed E-state index contributed by atoms with van der Waals surface area (Å²) < 4.78 is 24.3. The number of aliphatic hydroxyl groups excluding tert-OH is 1. The van der Waals surface area contributed by atoms with Crippen LogP contribution in [0.25, 0.3) is 11.1 Å². The Bertz CT molecular complexity index is 1950. The molecule has 5 aromatic rings. The van der Waals surface area contributed by atoms with Crippen LogP contribution in [0.5, 0.6) is 17.2 Å². The molecule has 0 saturated heterocycles. The number of aliphatic imine (C=N–C) groups is 1. The lowest BCUT2D eigenvalue weighted by atomic mass is 9.82. The van der Waals surface area contributed by atoms with Crippen molar-refractivity contribution in [1.29, 1.82) is 0 Å². The number of rotatable bonds is 15. The smallest absolute Gasteiger partial charge is 0.266 e. The molecule has 0 saturated carbocycles. The first-order chi connectivity index (χ1) is 24.9. The predicted octanol–water partition coefficient (Wildman–Crippen LogP) is 7.22. The van der Waals surface area contributed by atoms with Crippen molar-refractivity contribution in [2.45, 2.75) is 31.0 Å². The number of hydrazine groups is 1. The Morgan fingerprint density at radius 3 is 2.22 bits per heavy atom. The summed E-state index contributed by atoms with van der Waals surface area (Å²) >= 11 is 3.70. The number of hydrogen-bond donors (Lipinski definition) is 3. The number of carbonyl (C=O) groups excluding carboxylic acids is 1. The van der Waals surface area contributed by atoms with E-state index in [2.05, 4.69) is 38.9 Å². The molecule has 0 aromatic heterocycles. The number of carbonyl (C=O) groups is 1. The second kappa shape index (κ2) is 16.7. The first kappa shape index (κ1) is 35.7. The van der Waals surface area contributed by atoms with E-state index < -0.39 is 11.6 Å². The number of nitrogens with one attached hydrogen (secondary N) is 2. The van der Waals surface area contributed by atoms with Gasteiger partial charge in [-0.1, -0.05) is 94.8 Å². The summed E-state index contributed by atoms with van der Waals surface area (Å²) in [6.07, 6.45) is 0.00110. The number of methoxy groups -OCH3 is 2. The summed E-state index contributed by atoms with van der Waals surface area (Å²) in [5.74, 6) is 1.94. The van der Waals surface area contributed by atoms with E-state index in [-0.39, 0.29) is 25.5 Å². The molecule has 3 N–H and O–H groups in total. The zero-order chi connectivity index (χ0) is 35.6. The molecule has 0 unspecified atom stereocenters. The summed E-state index contributed by atoms with van der Waals surface area (Å²) in [4.78, 5) is 19.9. The minimum absolute atomic E-state index is 0.0562. The van der Waals surface area contributed by atoms with Crippen molar-refractivity contribution in [1.82, 2.24) is 10.9 Å². The van der Waals surface area contributed by atoms with Gasteiger partial charge in [-0.25, -0.2) is 10.4 Å². The molecular formula is C41H40BrN3O6. The topological polar surface area (TPSA) is 111 Å². The van der Waals surface area contributed by atoms with Gasteiger partial charge in [0.05, 0.1) is 20.8 Å². The fourth-order valence-electron chi connectivity index (χ4n) is 6.02. The number of ether oxygens (including phenoxy) is 4. The van der Waals surface area contributed by atoms with E-state index in [1.54, 1.807) is 20.3 Å². The Kier molecular flexibility index (Phi) is 11.7. The molecule has 1 amide bonds. The molecule has 1 aliphatic rings. The molecule has 1 aliphatic heterocycles. The normalized spacial score (nSPS) is 16.5. The van der Waals surface area contributed by atoms with Gasteiger partial charge in [0, 0.05) is 47.7 Å². The summed E-state index contributed by atoms with van der Waals surface area (Å²) in [6, 6.07) is 39.0. The van der Waals surface area contributed by atoms with Gasteiger partial charge in [-0.2, -0.15) is 0 Å². The first-order valence-electron chi connectivity index (χ1n) is 16.7. The monoisotopic (exact) mass is 749 g/mol. The zero-order valence-corrected chi connectivity index (χ0v) is 30.1. The van der Waals surface area contributed by atoms with Gasteiger partial charge >= 0.3 is 0 Å². The maximum absolute atomic E-state index is 14.7. The third kappa shape index (κ3) is 8.26. The lowest BCUT2D eigenvalue weighted by Gasteiger charge is -2.31. The van der Waals surface area contributed by atoms with Gasteiger partial charge < -0.3 is 24.1 Å². The highest BCUT2D eigenvalue weighted by atomic mass is 79.9. The summed E-state index contributed by atoms with van der Waals surface area (Å²) in [5, 5.41) is 9.13. The van der Waals surface area contributed by atoms with Gasteiger partial charge in [-0.15, -0.1) is 0 Å². The van der Waals surface area contributed by atoms with Crippen LogP contribution in [0.1, 0.15) is 34.8 Å². The summed E-state index contributed by atoms with van der Waals surface area (Å²) in [6.45, 7) is 0.745. The highest BCUT2D eigenvalue weighted by Gasteiger charge is 2.53. The Balaban J connectivity index is 1.38. The maximum atomic E-state index is 14.7. The van der Waals surface area contributed by atoms with Gasteiger partial charge in [0.15, 0.2) is 11.6 Å². The lowest BCUT2D eigenvalue weighted by molar-refractivity contribution is -0.130. The average Bonchev–Trinajstić information content (AvgIpc) is 3.57. The molecular weight excluding hydrogens is 710 g/mol. The summed E-state index contributed by atoms with van der Waals surface area (Å²) in [5.41, 5.74) is 10.0. The molecule has 6 rings (SSSR count). The molecule has 0 bridgehead atoms. The quantitative estimate of drug-likeness (QED) is 0.0767. The van der Waals surface area contributed by atoms with Crippen molar-refractivity contribution in [2.75, 3.05) is 27.4 Å². The number of hydrogen-bond acceptors (Lipinski definition) is 8. The SMILES string of the molecule is COc1ccc(CNNC(=O)[C@@]2(Cc3ccccc3Br)N=C(c3ccc(OCCCO)cc3)O[C@H]2c2ccc(-c3ccccc3)cc2)c(OC)c1. The van der Waals surface area contributed by atoms with Gasteiger partial charge in [0.1, 0.15) is 17.2 Å². The Labute approximate surface area is 306 Å². The Hall–Kier alpha value is -5.16. The fourth-order valence-corrected chi connectivity index (χ4v) is 6.45. The van der Waals surface area contributed by atoms with Crippen molar-refractivity contribution in [3.63, 3.8) is 0 Å². The third-order valence-electron chi connectivity index (χ3n) is 8.74. The second-order valence-corrected chi connectivity index (χ2v) is 12.9. The van der Waals surface area contributed by atoms with E-state index in [0.29, 0.717) is 41.7 Å². The molecule has 10 heteroatoms. The van der Waals surface area contributed by atoms with E-state index in [1.165, 1.54) is 0 Å². The van der Waals surface area contributed by atoms with Crippen LogP contribution in [-0.4, -0.2) is 49.9 Å². The molecule has 0 aliphatic carbocycles.